The number of hydrogen-bond donors (Lipinski definition) is 1. The van der Waals surface area contributed by atoms with E-state index in [0.29, 0.717) is 38.7 Å². The van der Waals surface area contributed by atoms with E-state index in [1.54, 1.807) is 25.1 Å². The number of aromatic nitrogens is 2. The molecular weight excluding hydrogens is 382 g/mol. The van der Waals surface area contributed by atoms with Gasteiger partial charge in [0.15, 0.2) is 0 Å². The molecule has 3 rings (SSSR count). The number of sulfone groups is 1. The van der Waals surface area contributed by atoms with E-state index in [1.165, 1.54) is 18.3 Å². The molecule has 2 N–H and O–H groups in total. The molecule has 28 heavy (non-hydrogen) atoms. The normalized spacial score (nSPS) is 15.4. The van der Waals surface area contributed by atoms with Crippen LogP contribution in [0.5, 0.6) is 0 Å². The van der Waals surface area contributed by atoms with Crippen LogP contribution in [0.3, 0.4) is 0 Å². The second kappa shape index (κ2) is 8.53. The van der Waals surface area contributed by atoms with Gasteiger partial charge in [-0.25, -0.2) is 13.4 Å². The van der Waals surface area contributed by atoms with Crippen molar-refractivity contribution in [2.24, 2.45) is 0 Å². The Morgan fingerprint density at radius 3 is 2.46 bits per heavy atom. The van der Waals surface area contributed by atoms with Gasteiger partial charge in [-0.2, -0.15) is 4.98 Å². The van der Waals surface area contributed by atoms with E-state index < -0.39 is 9.84 Å². The van der Waals surface area contributed by atoms with Crippen LogP contribution in [0.25, 0.3) is 0 Å². The lowest BCUT2D eigenvalue weighted by Crippen LogP contribution is -2.48. The second-order valence-corrected chi connectivity index (χ2v) is 8.22. The highest BCUT2D eigenvalue weighted by Crippen LogP contribution is 2.25. The number of nitrogen functional groups attached to an aromatic ring is 1. The van der Waals surface area contributed by atoms with Crippen molar-refractivity contribution in [2.45, 2.75) is 16.7 Å². The minimum atomic E-state index is -3.77. The summed E-state index contributed by atoms with van der Waals surface area (Å²) in [6, 6.07) is 8.04. The molecule has 150 valence electrons. The molecule has 10 heteroatoms. The molecule has 2 heterocycles. The molecule has 0 aliphatic carbocycles. The van der Waals surface area contributed by atoms with Crippen molar-refractivity contribution in [1.29, 1.82) is 0 Å². The highest BCUT2D eigenvalue weighted by molar-refractivity contribution is 7.91. The number of nitrogens with two attached hydrogens (primary N) is 1. The van der Waals surface area contributed by atoms with Crippen LogP contribution in [0.1, 0.15) is 6.92 Å². The summed E-state index contributed by atoms with van der Waals surface area (Å²) in [5.74, 6) is 0.0509. The molecule has 1 saturated heterocycles. The van der Waals surface area contributed by atoms with Gasteiger partial charge in [0.1, 0.15) is 10.7 Å². The van der Waals surface area contributed by atoms with E-state index in [0.717, 1.165) is 0 Å². The molecule has 1 aromatic heterocycles. The number of benzene rings is 1. The number of anilines is 2. The van der Waals surface area contributed by atoms with Crippen molar-refractivity contribution in [3.05, 3.63) is 36.5 Å². The van der Waals surface area contributed by atoms with Gasteiger partial charge in [-0.15, -0.1) is 0 Å². The first-order valence-electron chi connectivity index (χ1n) is 8.97. The number of rotatable bonds is 6. The molecule has 0 saturated carbocycles. The summed E-state index contributed by atoms with van der Waals surface area (Å²) in [4.78, 5) is 23.9. The average molecular weight is 405 g/mol. The van der Waals surface area contributed by atoms with Gasteiger partial charge in [-0.3, -0.25) is 9.69 Å². The lowest BCUT2D eigenvalue weighted by Gasteiger charge is -2.34. The Balaban J connectivity index is 1.69. The molecule has 2 aromatic rings. The third-order valence-electron chi connectivity index (χ3n) is 4.43. The number of piperazine rings is 1. The molecule has 1 aromatic carbocycles. The fraction of sp³-hybridized carbons (Fsp3) is 0.389. The van der Waals surface area contributed by atoms with E-state index in [1.807, 2.05) is 9.80 Å². The fourth-order valence-corrected chi connectivity index (χ4v) is 4.24. The maximum atomic E-state index is 12.7. The number of carbonyl (C=O) groups excluding carboxylic acids is 1. The van der Waals surface area contributed by atoms with E-state index >= 15 is 0 Å². The van der Waals surface area contributed by atoms with Crippen LogP contribution in [-0.4, -0.2) is 68.6 Å². The largest absolute Gasteiger partial charge is 0.465 e. The van der Waals surface area contributed by atoms with E-state index in [9.17, 15) is 13.2 Å². The van der Waals surface area contributed by atoms with E-state index in [-0.39, 0.29) is 28.1 Å². The first-order valence-corrected chi connectivity index (χ1v) is 10.5. The molecule has 1 aliphatic heterocycles. The van der Waals surface area contributed by atoms with Gasteiger partial charge in [0.2, 0.25) is 15.8 Å². The van der Waals surface area contributed by atoms with Crippen molar-refractivity contribution in [3.8, 4) is 0 Å². The van der Waals surface area contributed by atoms with Crippen molar-refractivity contribution in [2.75, 3.05) is 50.0 Å². The summed E-state index contributed by atoms with van der Waals surface area (Å²) >= 11 is 0. The minimum Gasteiger partial charge on any atom is -0.465 e. The van der Waals surface area contributed by atoms with Crippen LogP contribution in [-0.2, 0) is 19.4 Å². The summed E-state index contributed by atoms with van der Waals surface area (Å²) in [5.41, 5.74) is 5.95. The number of carbonyl (C=O) groups is 1. The zero-order valence-electron chi connectivity index (χ0n) is 15.6. The van der Waals surface area contributed by atoms with Gasteiger partial charge in [-0.05, 0) is 19.1 Å². The molecular formula is C18H23N5O4S. The topological polar surface area (TPSA) is 119 Å². The van der Waals surface area contributed by atoms with Crippen molar-refractivity contribution in [1.82, 2.24) is 14.9 Å². The molecule has 1 aliphatic rings. The lowest BCUT2D eigenvalue weighted by molar-refractivity contribution is -0.144. The van der Waals surface area contributed by atoms with Crippen LogP contribution in [0.15, 0.2) is 46.3 Å². The standard InChI is InChI=1S/C18H23N5O4S/c1-2-27-16(24)13-22-8-10-23(11-9-22)18-20-12-15(17(19)21-18)28(25,26)14-6-4-3-5-7-14/h3-7,12H,2,8-11,13H2,1H3,(H2,19,20,21). The SMILES string of the molecule is CCOC(=O)CN1CCN(c2ncc(S(=O)(=O)c3ccccc3)c(N)n2)CC1. The Morgan fingerprint density at radius 1 is 1.18 bits per heavy atom. The fourth-order valence-electron chi connectivity index (χ4n) is 2.96. The molecule has 0 unspecified atom stereocenters. The first-order chi connectivity index (χ1) is 13.4. The zero-order chi connectivity index (χ0) is 20.1. The van der Waals surface area contributed by atoms with E-state index in [4.69, 9.17) is 10.5 Å². The van der Waals surface area contributed by atoms with Gasteiger partial charge in [0, 0.05) is 26.2 Å². The Bertz CT molecular complexity index is 928. The quantitative estimate of drug-likeness (QED) is 0.688. The minimum absolute atomic E-state index is 0.0807. The van der Waals surface area contributed by atoms with Crippen molar-refractivity contribution in [3.63, 3.8) is 0 Å². The summed E-state index contributed by atoms with van der Waals surface area (Å²) in [7, 11) is -3.77. The van der Waals surface area contributed by atoms with Crippen LogP contribution in [0, 0.1) is 0 Å². The Kier molecular flexibility index (Phi) is 6.10. The molecule has 0 bridgehead atoms. The molecule has 0 spiro atoms. The lowest BCUT2D eigenvalue weighted by atomic mass is 10.3. The highest BCUT2D eigenvalue weighted by atomic mass is 32.2. The maximum Gasteiger partial charge on any atom is 0.320 e. The summed E-state index contributed by atoms with van der Waals surface area (Å²) in [5, 5.41) is 0. The molecule has 0 amide bonds. The Labute approximate surface area is 164 Å². The van der Waals surface area contributed by atoms with Crippen molar-refractivity contribution < 1.29 is 17.9 Å². The zero-order valence-corrected chi connectivity index (χ0v) is 16.4. The summed E-state index contributed by atoms with van der Waals surface area (Å²) in [6.07, 6.45) is 1.25. The third-order valence-corrected chi connectivity index (χ3v) is 6.21. The Morgan fingerprint density at radius 2 is 1.86 bits per heavy atom. The number of ether oxygens (including phenoxy) is 1. The third kappa shape index (κ3) is 4.39. The first kappa shape index (κ1) is 20.0. The second-order valence-electron chi connectivity index (χ2n) is 6.30. The van der Waals surface area contributed by atoms with Gasteiger partial charge in [0.05, 0.1) is 24.2 Å². The van der Waals surface area contributed by atoms with E-state index in [2.05, 4.69) is 9.97 Å². The van der Waals surface area contributed by atoms with Crippen molar-refractivity contribution >= 4 is 27.6 Å². The Hall–Kier alpha value is -2.72. The number of nitrogens with zero attached hydrogens (tertiary/aromatic N) is 4. The van der Waals surface area contributed by atoms with Gasteiger partial charge < -0.3 is 15.4 Å². The summed E-state index contributed by atoms with van der Waals surface area (Å²) < 4.78 is 30.4. The van der Waals surface area contributed by atoms with Gasteiger partial charge in [-0.1, -0.05) is 18.2 Å². The predicted molar refractivity (Wildman–Crippen MR) is 104 cm³/mol. The van der Waals surface area contributed by atoms with Crippen LogP contribution in [0.2, 0.25) is 0 Å². The highest BCUT2D eigenvalue weighted by Gasteiger charge is 2.25. The molecule has 0 radical (unpaired) electrons. The molecule has 0 atom stereocenters. The molecule has 1 fully saturated rings. The number of hydrogen-bond acceptors (Lipinski definition) is 9. The van der Waals surface area contributed by atoms with Crippen LogP contribution < -0.4 is 10.6 Å². The molecule has 9 nitrogen and oxygen atoms in total. The monoisotopic (exact) mass is 405 g/mol. The average Bonchev–Trinajstić information content (AvgIpc) is 2.69. The van der Waals surface area contributed by atoms with Gasteiger partial charge in [0.25, 0.3) is 0 Å². The van der Waals surface area contributed by atoms with Crippen LogP contribution in [0.4, 0.5) is 11.8 Å². The van der Waals surface area contributed by atoms with Gasteiger partial charge >= 0.3 is 5.97 Å². The van der Waals surface area contributed by atoms with Crippen LogP contribution >= 0.6 is 0 Å². The smallest absolute Gasteiger partial charge is 0.320 e. The summed E-state index contributed by atoms with van der Waals surface area (Å²) in [6.45, 7) is 4.88. The number of esters is 1. The predicted octanol–water partition coefficient (Wildman–Crippen LogP) is 0.577. The maximum absolute atomic E-state index is 12.7.